The van der Waals surface area contributed by atoms with Crippen molar-refractivity contribution in [3.8, 4) is 0 Å². The number of hydrogen-bond acceptors (Lipinski definition) is 6. The molecule has 20 heavy (non-hydrogen) atoms. The summed E-state index contributed by atoms with van der Waals surface area (Å²) in [4.78, 5) is 6.61. The van der Waals surface area contributed by atoms with Crippen molar-refractivity contribution in [2.45, 2.75) is 62.5 Å². The zero-order valence-electron chi connectivity index (χ0n) is 12.4. The van der Waals surface area contributed by atoms with E-state index < -0.39 is 24.2 Å². The molecule has 2 fully saturated rings. The quantitative estimate of drug-likeness (QED) is 0.736. The third kappa shape index (κ3) is 2.34. The highest BCUT2D eigenvalue weighted by Gasteiger charge is 2.58. The molecule has 3 heterocycles. The molecule has 114 valence electrons. The Morgan fingerprint density at radius 1 is 1.30 bits per heavy atom. The molecule has 0 aromatic carbocycles. The van der Waals surface area contributed by atoms with Crippen LogP contribution in [0.2, 0.25) is 0 Å². The fourth-order valence-electron chi connectivity index (χ4n) is 2.89. The molecule has 1 unspecified atom stereocenters. The molecule has 0 aromatic rings. The summed E-state index contributed by atoms with van der Waals surface area (Å²) in [6, 6.07) is -0.140. The zero-order valence-corrected chi connectivity index (χ0v) is 13.2. The maximum absolute atomic E-state index is 13.9. The number of halogens is 1. The minimum absolute atomic E-state index is 0.140. The van der Waals surface area contributed by atoms with Crippen LogP contribution in [0, 0.1) is 0 Å². The third-order valence-electron chi connectivity index (χ3n) is 3.71. The molecule has 7 heteroatoms. The lowest BCUT2D eigenvalue weighted by Crippen LogP contribution is -2.55. The van der Waals surface area contributed by atoms with E-state index in [0.717, 1.165) is 5.17 Å². The second-order valence-electron chi connectivity index (χ2n) is 6.13. The van der Waals surface area contributed by atoms with Crippen molar-refractivity contribution in [3.05, 3.63) is 0 Å². The van der Waals surface area contributed by atoms with Crippen LogP contribution in [0.4, 0.5) is 4.39 Å². The first-order valence-corrected chi connectivity index (χ1v) is 7.73. The fourth-order valence-corrected chi connectivity index (χ4v) is 4.03. The number of nitrogens with zero attached hydrogens (tertiary/aromatic N) is 2. The highest BCUT2D eigenvalue weighted by Crippen LogP contribution is 2.45. The Bertz CT molecular complexity index is 430. The monoisotopic (exact) mass is 304 g/mol. The SMILES string of the molecule is CC(F)[C@H]1O[C@@H]2SC(N(C)C)=N[C@@H]2[C@H]2OC(C)(C)O[C@@H]21. The molecule has 0 N–H and O–H groups in total. The first kappa shape index (κ1) is 14.6. The lowest BCUT2D eigenvalue weighted by atomic mass is 9.96. The number of thioether (sulfide) groups is 1. The number of ether oxygens (including phenoxy) is 3. The minimum atomic E-state index is -1.11. The van der Waals surface area contributed by atoms with E-state index in [1.165, 1.54) is 18.7 Å². The third-order valence-corrected chi connectivity index (χ3v) is 5.01. The van der Waals surface area contributed by atoms with Gasteiger partial charge in [-0.15, -0.1) is 0 Å². The Labute approximate surface area is 122 Å². The van der Waals surface area contributed by atoms with Crippen LogP contribution in [0.25, 0.3) is 0 Å². The lowest BCUT2D eigenvalue weighted by Gasteiger charge is -2.38. The number of amidine groups is 1. The van der Waals surface area contributed by atoms with Gasteiger partial charge in [0.15, 0.2) is 11.0 Å². The van der Waals surface area contributed by atoms with Crippen LogP contribution in [-0.4, -0.2) is 65.9 Å². The average Bonchev–Trinajstić information content (AvgIpc) is 2.86. The maximum atomic E-state index is 13.9. The van der Waals surface area contributed by atoms with Crippen LogP contribution in [0.15, 0.2) is 4.99 Å². The summed E-state index contributed by atoms with van der Waals surface area (Å²) in [5.41, 5.74) is -0.200. The molecule has 0 radical (unpaired) electrons. The predicted molar refractivity (Wildman–Crippen MR) is 75.6 cm³/mol. The van der Waals surface area contributed by atoms with Crippen molar-refractivity contribution in [2.75, 3.05) is 14.1 Å². The van der Waals surface area contributed by atoms with E-state index >= 15 is 0 Å². The molecule has 0 spiro atoms. The van der Waals surface area contributed by atoms with Crippen molar-refractivity contribution < 1.29 is 18.6 Å². The molecule has 0 aromatic heterocycles. The summed E-state index contributed by atoms with van der Waals surface area (Å²) in [5.74, 6) is -0.720. The summed E-state index contributed by atoms with van der Waals surface area (Å²) in [6.07, 6.45) is -2.37. The van der Waals surface area contributed by atoms with Gasteiger partial charge in [-0.2, -0.15) is 0 Å². The van der Waals surface area contributed by atoms with E-state index in [9.17, 15) is 4.39 Å². The largest absolute Gasteiger partial charge is 0.358 e. The summed E-state index contributed by atoms with van der Waals surface area (Å²) < 4.78 is 31.6. The van der Waals surface area contributed by atoms with Crippen LogP contribution in [0.3, 0.4) is 0 Å². The number of hydrogen-bond donors (Lipinski definition) is 0. The highest BCUT2D eigenvalue weighted by atomic mass is 32.2. The number of rotatable bonds is 1. The normalized spacial score (nSPS) is 43.7. The first-order valence-electron chi connectivity index (χ1n) is 6.85. The Morgan fingerprint density at radius 2 is 1.95 bits per heavy atom. The molecule has 5 nitrogen and oxygen atoms in total. The average molecular weight is 304 g/mol. The molecule has 2 saturated heterocycles. The Kier molecular flexibility index (Phi) is 3.52. The van der Waals surface area contributed by atoms with Crippen LogP contribution in [-0.2, 0) is 14.2 Å². The van der Waals surface area contributed by atoms with Gasteiger partial charge >= 0.3 is 0 Å². The van der Waals surface area contributed by atoms with Gasteiger partial charge in [0.1, 0.15) is 36.0 Å². The number of alkyl halides is 1. The second-order valence-corrected chi connectivity index (χ2v) is 7.19. The van der Waals surface area contributed by atoms with Gasteiger partial charge in [0, 0.05) is 14.1 Å². The van der Waals surface area contributed by atoms with E-state index in [0.29, 0.717) is 0 Å². The lowest BCUT2D eigenvalue weighted by molar-refractivity contribution is -0.162. The van der Waals surface area contributed by atoms with Crippen molar-refractivity contribution in [1.82, 2.24) is 4.90 Å². The maximum Gasteiger partial charge on any atom is 0.164 e. The van der Waals surface area contributed by atoms with Gasteiger partial charge in [-0.1, -0.05) is 11.8 Å². The van der Waals surface area contributed by atoms with E-state index in [1.54, 1.807) is 0 Å². The first-order chi connectivity index (χ1) is 9.28. The molecule has 3 rings (SSSR count). The standard InChI is InChI=1S/C13H21FN2O3S/c1-6(14)8-10-9(18-13(2,3)19-10)7-11(17-8)20-12(15-7)16(4)5/h6-11H,1-5H3/t6?,7-,8-,9-,10-,11-/m1/s1. The van der Waals surface area contributed by atoms with Crippen molar-refractivity contribution in [3.63, 3.8) is 0 Å². The summed E-state index contributed by atoms with van der Waals surface area (Å²) >= 11 is 1.52. The molecular weight excluding hydrogens is 283 g/mol. The number of aliphatic imine (C=N–C) groups is 1. The van der Waals surface area contributed by atoms with Gasteiger partial charge in [0.2, 0.25) is 0 Å². The summed E-state index contributed by atoms with van der Waals surface area (Å²) in [5, 5.41) is 0.888. The van der Waals surface area contributed by atoms with E-state index in [-0.39, 0.29) is 17.6 Å². The van der Waals surface area contributed by atoms with Gasteiger partial charge in [0.25, 0.3) is 0 Å². The van der Waals surface area contributed by atoms with Crippen LogP contribution in [0.1, 0.15) is 20.8 Å². The zero-order chi connectivity index (χ0) is 14.7. The van der Waals surface area contributed by atoms with E-state index in [1.807, 2.05) is 32.8 Å². The molecule has 6 atom stereocenters. The Balaban J connectivity index is 1.89. The van der Waals surface area contributed by atoms with Gasteiger partial charge in [0.05, 0.1) is 0 Å². The van der Waals surface area contributed by atoms with Crippen molar-refractivity contribution in [2.24, 2.45) is 4.99 Å². The Morgan fingerprint density at radius 3 is 2.55 bits per heavy atom. The van der Waals surface area contributed by atoms with Crippen LogP contribution >= 0.6 is 11.8 Å². The minimum Gasteiger partial charge on any atom is -0.358 e. The fraction of sp³-hybridized carbons (Fsp3) is 0.923. The number of fused-ring (bicyclic) bond motifs is 3. The summed E-state index contributed by atoms with van der Waals surface area (Å²) in [7, 11) is 3.87. The van der Waals surface area contributed by atoms with E-state index in [4.69, 9.17) is 14.2 Å². The van der Waals surface area contributed by atoms with Crippen molar-refractivity contribution >= 4 is 16.9 Å². The Hall–Kier alpha value is -0.370. The molecule has 0 aliphatic carbocycles. The van der Waals surface area contributed by atoms with Gasteiger partial charge < -0.3 is 19.1 Å². The van der Waals surface area contributed by atoms with E-state index in [2.05, 4.69) is 4.99 Å². The highest BCUT2D eigenvalue weighted by molar-refractivity contribution is 8.14. The predicted octanol–water partition coefficient (Wildman–Crippen LogP) is 1.62. The van der Waals surface area contributed by atoms with Crippen LogP contribution in [0.5, 0.6) is 0 Å². The van der Waals surface area contributed by atoms with Gasteiger partial charge in [-0.3, -0.25) is 4.99 Å². The molecule has 0 saturated carbocycles. The molecule has 0 amide bonds. The molecular formula is C13H21FN2O3S. The van der Waals surface area contributed by atoms with Crippen molar-refractivity contribution in [1.29, 1.82) is 0 Å². The van der Waals surface area contributed by atoms with Gasteiger partial charge in [-0.05, 0) is 20.8 Å². The summed E-state index contributed by atoms with van der Waals surface area (Å²) in [6.45, 7) is 5.20. The topological polar surface area (TPSA) is 43.3 Å². The van der Waals surface area contributed by atoms with Crippen LogP contribution < -0.4 is 0 Å². The second kappa shape index (κ2) is 4.83. The molecule has 3 aliphatic heterocycles. The molecule has 0 bridgehead atoms. The van der Waals surface area contributed by atoms with Gasteiger partial charge in [-0.25, -0.2) is 4.39 Å². The molecule has 3 aliphatic rings. The smallest absolute Gasteiger partial charge is 0.164 e.